The standard InChI is InChI=1S/C16H24N2O2/c1-4-13(11(2)3)17-15-14(20-16(19)18-15)10-12-8-6-5-7-9-12/h5-9,11,13-15,17H,4,10H2,1-3H3,(H,18,19)/t13-,14-,15?/m1/s1. The Hall–Kier alpha value is -1.55. The molecule has 4 nitrogen and oxygen atoms in total. The molecule has 3 atom stereocenters. The van der Waals surface area contributed by atoms with E-state index < -0.39 is 0 Å². The Bertz CT molecular complexity index is 433. The topological polar surface area (TPSA) is 50.4 Å². The van der Waals surface area contributed by atoms with Crippen molar-refractivity contribution >= 4 is 6.09 Å². The molecule has 1 saturated heterocycles. The lowest BCUT2D eigenvalue weighted by molar-refractivity contribution is 0.122. The third kappa shape index (κ3) is 3.73. The minimum Gasteiger partial charge on any atom is -0.442 e. The van der Waals surface area contributed by atoms with Crippen LogP contribution in [-0.4, -0.2) is 24.4 Å². The van der Waals surface area contributed by atoms with Crippen molar-refractivity contribution in [2.45, 2.75) is 51.9 Å². The first-order chi connectivity index (χ1) is 9.60. The van der Waals surface area contributed by atoms with Gasteiger partial charge in [0.15, 0.2) is 0 Å². The summed E-state index contributed by atoms with van der Waals surface area (Å²) in [6.45, 7) is 6.53. The van der Waals surface area contributed by atoms with Crippen molar-refractivity contribution in [3.8, 4) is 0 Å². The van der Waals surface area contributed by atoms with E-state index in [9.17, 15) is 4.79 Å². The van der Waals surface area contributed by atoms with Gasteiger partial charge < -0.3 is 10.1 Å². The van der Waals surface area contributed by atoms with Gasteiger partial charge in [0.2, 0.25) is 0 Å². The zero-order valence-corrected chi connectivity index (χ0v) is 12.4. The van der Waals surface area contributed by atoms with Crippen molar-refractivity contribution < 1.29 is 9.53 Å². The summed E-state index contributed by atoms with van der Waals surface area (Å²) in [7, 11) is 0. The van der Waals surface area contributed by atoms with Gasteiger partial charge in [0.05, 0.1) is 0 Å². The van der Waals surface area contributed by atoms with Gasteiger partial charge in [-0.1, -0.05) is 51.1 Å². The molecule has 2 rings (SSSR count). The number of hydrogen-bond acceptors (Lipinski definition) is 3. The fourth-order valence-electron chi connectivity index (χ4n) is 2.63. The van der Waals surface area contributed by atoms with Gasteiger partial charge in [0.25, 0.3) is 0 Å². The highest BCUT2D eigenvalue weighted by molar-refractivity contribution is 5.70. The molecule has 0 saturated carbocycles. The number of alkyl carbamates (subject to hydrolysis) is 1. The van der Waals surface area contributed by atoms with Crippen LogP contribution in [0.1, 0.15) is 32.8 Å². The van der Waals surface area contributed by atoms with Gasteiger partial charge in [0, 0.05) is 12.5 Å². The van der Waals surface area contributed by atoms with Gasteiger partial charge in [-0.2, -0.15) is 0 Å². The van der Waals surface area contributed by atoms with Crippen molar-refractivity contribution in [3.05, 3.63) is 35.9 Å². The van der Waals surface area contributed by atoms with Gasteiger partial charge in [0.1, 0.15) is 12.3 Å². The van der Waals surface area contributed by atoms with Gasteiger partial charge in [-0.15, -0.1) is 0 Å². The number of carbonyl (C=O) groups is 1. The maximum atomic E-state index is 11.5. The number of amides is 1. The second-order valence-corrected chi connectivity index (χ2v) is 5.68. The van der Waals surface area contributed by atoms with E-state index in [2.05, 4.69) is 43.5 Å². The number of rotatable bonds is 6. The zero-order chi connectivity index (χ0) is 14.5. The maximum Gasteiger partial charge on any atom is 0.408 e. The van der Waals surface area contributed by atoms with Crippen LogP contribution in [0.3, 0.4) is 0 Å². The molecule has 1 aromatic rings. The number of hydrogen-bond donors (Lipinski definition) is 2. The molecule has 1 aliphatic rings. The van der Waals surface area contributed by atoms with Crippen LogP contribution in [0.2, 0.25) is 0 Å². The Morgan fingerprint density at radius 2 is 2.00 bits per heavy atom. The summed E-state index contributed by atoms with van der Waals surface area (Å²) in [4.78, 5) is 11.5. The van der Waals surface area contributed by atoms with E-state index in [1.807, 2.05) is 18.2 Å². The Kier molecular flexibility index (Phi) is 5.01. The molecule has 1 heterocycles. The van der Waals surface area contributed by atoms with Crippen LogP contribution in [0.25, 0.3) is 0 Å². The summed E-state index contributed by atoms with van der Waals surface area (Å²) in [6.07, 6.45) is 1.16. The first-order valence-electron chi connectivity index (χ1n) is 7.37. The first-order valence-corrected chi connectivity index (χ1v) is 7.37. The SMILES string of the molecule is CC[C@@H](NC1NC(=O)O[C@@H]1Cc1ccccc1)C(C)C. The molecule has 2 N–H and O–H groups in total. The van der Waals surface area contributed by atoms with E-state index in [0.29, 0.717) is 12.0 Å². The van der Waals surface area contributed by atoms with Crippen molar-refractivity contribution in [2.75, 3.05) is 0 Å². The lowest BCUT2D eigenvalue weighted by Crippen LogP contribution is -2.51. The van der Waals surface area contributed by atoms with E-state index in [-0.39, 0.29) is 18.4 Å². The third-order valence-electron chi connectivity index (χ3n) is 3.82. The monoisotopic (exact) mass is 276 g/mol. The van der Waals surface area contributed by atoms with Crippen LogP contribution in [-0.2, 0) is 11.2 Å². The molecule has 1 fully saturated rings. The molecule has 20 heavy (non-hydrogen) atoms. The fourth-order valence-corrected chi connectivity index (χ4v) is 2.63. The quantitative estimate of drug-likeness (QED) is 0.840. The largest absolute Gasteiger partial charge is 0.442 e. The minimum atomic E-state index is -0.331. The van der Waals surface area contributed by atoms with Crippen LogP contribution in [0.5, 0.6) is 0 Å². The maximum absolute atomic E-state index is 11.5. The average Bonchev–Trinajstić information content (AvgIpc) is 2.76. The van der Waals surface area contributed by atoms with Crippen LogP contribution < -0.4 is 10.6 Å². The van der Waals surface area contributed by atoms with E-state index in [0.717, 1.165) is 12.8 Å². The number of ether oxygens (including phenoxy) is 1. The summed E-state index contributed by atoms with van der Waals surface area (Å²) < 4.78 is 5.39. The minimum absolute atomic E-state index is 0.116. The molecule has 0 aliphatic carbocycles. The summed E-state index contributed by atoms with van der Waals surface area (Å²) in [5, 5.41) is 6.38. The molecule has 0 aromatic heterocycles. The highest BCUT2D eigenvalue weighted by Gasteiger charge is 2.35. The molecular formula is C16H24N2O2. The van der Waals surface area contributed by atoms with Crippen LogP contribution in [0, 0.1) is 5.92 Å². The van der Waals surface area contributed by atoms with E-state index >= 15 is 0 Å². The summed E-state index contributed by atoms with van der Waals surface area (Å²) in [5.41, 5.74) is 1.18. The number of benzene rings is 1. The number of carbonyl (C=O) groups excluding carboxylic acids is 1. The third-order valence-corrected chi connectivity index (χ3v) is 3.82. The number of nitrogens with one attached hydrogen (secondary N) is 2. The Morgan fingerprint density at radius 3 is 2.60 bits per heavy atom. The van der Waals surface area contributed by atoms with Crippen molar-refractivity contribution in [3.63, 3.8) is 0 Å². The summed E-state index contributed by atoms with van der Waals surface area (Å²) in [5.74, 6) is 0.523. The van der Waals surface area contributed by atoms with E-state index in [1.165, 1.54) is 5.56 Å². The second kappa shape index (κ2) is 6.75. The molecule has 1 aliphatic heterocycles. The molecule has 4 heteroatoms. The Balaban J connectivity index is 2.01. The lowest BCUT2D eigenvalue weighted by Gasteiger charge is -2.27. The smallest absolute Gasteiger partial charge is 0.408 e. The molecule has 110 valence electrons. The van der Waals surface area contributed by atoms with Crippen molar-refractivity contribution in [2.24, 2.45) is 5.92 Å². The molecule has 0 bridgehead atoms. The molecule has 0 radical (unpaired) electrons. The molecule has 1 amide bonds. The normalized spacial score (nSPS) is 23.5. The van der Waals surface area contributed by atoms with Crippen LogP contribution in [0.4, 0.5) is 4.79 Å². The van der Waals surface area contributed by atoms with Gasteiger partial charge in [-0.25, -0.2) is 4.79 Å². The van der Waals surface area contributed by atoms with Crippen LogP contribution in [0.15, 0.2) is 30.3 Å². The molecular weight excluding hydrogens is 252 g/mol. The molecule has 1 aromatic carbocycles. The summed E-state index contributed by atoms with van der Waals surface area (Å²) >= 11 is 0. The lowest BCUT2D eigenvalue weighted by atomic mass is 10.00. The highest BCUT2D eigenvalue weighted by Crippen LogP contribution is 2.16. The predicted molar refractivity (Wildman–Crippen MR) is 79.4 cm³/mol. The molecule has 0 spiro atoms. The first kappa shape index (κ1) is 14.9. The molecule has 1 unspecified atom stereocenters. The van der Waals surface area contributed by atoms with Crippen molar-refractivity contribution in [1.29, 1.82) is 0 Å². The number of cyclic esters (lactones) is 1. The zero-order valence-electron chi connectivity index (χ0n) is 12.4. The fraction of sp³-hybridized carbons (Fsp3) is 0.562. The Morgan fingerprint density at radius 1 is 1.30 bits per heavy atom. The summed E-state index contributed by atoms with van der Waals surface area (Å²) in [6, 6.07) is 10.5. The van der Waals surface area contributed by atoms with Gasteiger partial charge in [-0.3, -0.25) is 5.32 Å². The van der Waals surface area contributed by atoms with E-state index in [4.69, 9.17) is 4.74 Å². The van der Waals surface area contributed by atoms with Crippen molar-refractivity contribution in [1.82, 2.24) is 10.6 Å². The van der Waals surface area contributed by atoms with Gasteiger partial charge >= 0.3 is 6.09 Å². The second-order valence-electron chi connectivity index (χ2n) is 5.68. The van der Waals surface area contributed by atoms with E-state index in [1.54, 1.807) is 0 Å². The van der Waals surface area contributed by atoms with Crippen LogP contribution >= 0.6 is 0 Å². The predicted octanol–water partition coefficient (Wildman–Crippen LogP) is 2.69. The Labute approximate surface area is 120 Å². The highest BCUT2D eigenvalue weighted by atomic mass is 16.6. The average molecular weight is 276 g/mol. The van der Waals surface area contributed by atoms with Gasteiger partial charge in [-0.05, 0) is 17.9 Å².